The van der Waals surface area contributed by atoms with Gasteiger partial charge in [0.25, 0.3) is 5.91 Å². The first-order valence-corrected chi connectivity index (χ1v) is 9.41. The van der Waals surface area contributed by atoms with Gasteiger partial charge in [0.05, 0.1) is 6.10 Å². The summed E-state index contributed by atoms with van der Waals surface area (Å²) < 4.78 is 11.4. The van der Waals surface area contributed by atoms with Crippen molar-refractivity contribution in [2.75, 3.05) is 0 Å². The summed E-state index contributed by atoms with van der Waals surface area (Å²) in [4.78, 5) is 12.3. The fourth-order valence-electron chi connectivity index (χ4n) is 2.69. The molecule has 0 unspecified atom stereocenters. The number of benzene rings is 3. The summed E-state index contributed by atoms with van der Waals surface area (Å²) in [6, 6.07) is 24.9. The molecule has 0 saturated heterocycles. The van der Waals surface area contributed by atoms with Crippen LogP contribution in [0, 0.1) is 0 Å². The van der Waals surface area contributed by atoms with Crippen LogP contribution in [0.15, 0.2) is 78.9 Å². The summed E-state index contributed by atoms with van der Waals surface area (Å²) >= 11 is 0. The van der Waals surface area contributed by atoms with E-state index in [4.69, 9.17) is 9.47 Å². The second kappa shape index (κ2) is 9.60. The molecule has 0 aliphatic carbocycles. The Labute approximate surface area is 166 Å². The van der Waals surface area contributed by atoms with Gasteiger partial charge in [-0.05, 0) is 61.4 Å². The molecule has 0 saturated carbocycles. The summed E-state index contributed by atoms with van der Waals surface area (Å²) in [5, 5.41) is 2.93. The first kappa shape index (κ1) is 19.5. The zero-order valence-electron chi connectivity index (χ0n) is 16.2. The Morgan fingerprint density at radius 1 is 0.821 bits per heavy atom. The third-order valence-corrected chi connectivity index (χ3v) is 4.11. The van der Waals surface area contributed by atoms with Crippen LogP contribution in [0.2, 0.25) is 0 Å². The van der Waals surface area contributed by atoms with E-state index in [0.717, 1.165) is 22.6 Å². The summed E-state index contributed by atoms with van der Waals surface area (Å²) in [5.74, 6) is 1.45. The molecule has 4 nitrogen and oxygen atoms in total. The second-order valence-corrected chi connectivity index (χ2v) is 6.79. The van der Waals surface area contributed by atoms with Crippen molar-refractivity contribution in [3.8, 4) is 11.5 Å². The molecule has 3 aromatic rings. The Hall–Kier alpha value is -3.27. The van der Waals surface area contributed by atoms with E-state index in [1.165, 1.54) is 0 Å². The molecule has 0 aliphatic heterocycles. The number of nitrogens with one attached hydrogen (secondary N) is 1. The van der Waals surface area contributed by atoms with E-state index in [0.29, 0.717) is 18.7 Å². The summed E-state index contributed by atoms with van der Waals surface area (Å²) in [7, 11) is 0. The van der Waals surface area contributed by atoms with Crippen molar-refractivity contribution in [1.82, 2.24) is 5.32 Å². The fraction of sp³-hybridized carbons (Fsp3) is 0.208. The smallest absolute Gasteiger partial charge is 0.251 e. The minimum Gasteiger partial charge on any atom is -0.491 e. The molecule has 1 amide bonds. The van der Waals surface area contributed by atoms with Crippen LogP contribution in [-0.4, -0.2) is 12.0 Å². The van der Waals surface area contributed by atoms with Gasteiger partial charge in [0.2, 0.25) is 0 Å². The predicted octanol–water partition coefficient (Wildman–Crippen LogP) is 4.98. The van der Waals surface area contributed by atoms with Crippen molar-refractivity contribution in [2.45, 2.75) is 33.1 Å². The van der Waals surface area contributed by atoms with Crippen molar-refractivity contribution >= 4 is 5.91 Å². The lowest BCUT2D eigenvalue weighted by molar-refractivity contribution is 0.0951. The van der Waals surface area contributed by atoms with Crippen molar-refractivity contribution in [1.29, 1.82) is 0 Å². The normalized spacial score (nSPS) is 10.5. The van der Waals surface area contributed by atoms with Crippen LogP contribution < -0.4 is 14.8 Å². The first-order valence-electron chi connectivity index (χ1n) is 9.41. The third kappa shape index (κ3) is 5.88. The Kier molecular flexibility index (Phi) is 6.68. The van der Waals surface area contributed by atoms with Crippen LogP contribution in [0.5, 0.6) is 11.5 Å². The van der Waals surface area contributed by atoms with Gasteiger partial charge in [-0.15, -0.1) is 0 Å². The quantitative estimate of drug-likeness (QED) is 0.604. The van der Waals surface area contributed by atoms with Crippen LogP contribution in [0.1, 0.15) is 35.3 Å². The first-order chi connectivity index (χ1) is 13.6. The molecular weight excluding hydrogens is 350 g/mol. The van der Waals surface area contributed by atoms with E-state index in [1.807, 2.05) is 80.6 Å². The SMILES string of the molecule is CC(C)Oc1ccc(CNC(=O)c2ccc(OCc3ccccc3)cc2)cc1. The molecule has 0 fully saturated rings. The molecular formula is C24H25NO3. The monoisotopic (exact) mass is 375 g/mol. The molecule has 0 aliphatic rings. The molecule has 0 spiro atoms. The molecule has 0 heterocycles. The highest BCUT2D eigenvalue weighted by Gasteiger charge is 2.06. The maximum Gasteiger partial charge on any atom is 0.251 e. The predicted molar refractivity (Wildman–Crippen MR) is 111 cm³/mol. The highest BCUT2D eigenvalue weighted by Crippen LogP contribution is 2.16. The lowest BCUT2D eigenvalue weighted by Gasteiger charge is -2.11. The van der Waals surface area contributed by atoms with Gasteiger partial charge in [0.15, 0.2) is 0 Å². The molecule has 144 valence electrons. The number of rotatable bonds is 8. The molecule has 0 radical (unpaired) electrons. The van der Waals surface area contributed by atoms with Crippen molar-refractivity contribution < 1.29 is 14.3 Å². The number of carbonyl (C=O) groups is 1. The van der Waals surface area contributed by atoms with Gasteiger partial charge in [-0.25, -0.2) is 0 Å². The van der Waals surface area contributed by atoms with E-state index < -0.39 is 0 Å². The zero-order chi connectivity index (χ0) is 19.8. The van der Waals surface area contributed by atoms with Gasteiger partial charge in [0.1, 0.15) is 18.1 Å². The number of ether oxygens (including phenoxy) is 2. The minimum absolute atomic E-state index is 0.114. The van der Waals surface area contributed by atoms with Gasteiger partial charge in [-0.3, -0.25) is 4.79 Å². The third-order valence-electron chi connectivity index (χ3n) is 4.11. The van der Waals surface area contributed by atoms with E-state index in [-0.39, 0.29) is 12.0 Å². The molecule has 4 heteroatoms. The molecule has 28 heavy (non-hydrogen) atoms. The Morgan fingerprint density at radius 2 is 1.46 bits per heavy atom. The highest BCUT2D eigenvalue weighted by atomic mass is 16.5. The van der Waals surface area contributed by atoms with E-state index in [1.54, 1.807) is 12.1 Å². The Bertz CT molecular complexity index is 872. The lowest BCUT2D eigenvalue weighted by Crippen LogP contribution is -2.22. The maximum atomic E-state index is 12.3. The largest absolute Gasteiger partial charge is 0.491 e. The zero-order valence-corrected chi connectivity index (χ0v) is 16.2. The van der Waals surface area contributed by atoms with Gasteiger partial charge in [-0.2, -0.15) is 0 Å². The standard InChI is InChI=1S/C24H25NO3/c1-18(2)28-23-12-8-19(9-13-23)16-25-24(26)21-10-14-22(15-11-21)27-17-20-6-4-3-5-7-20/h3-15,18H,16-17H2,1-2H3,(H,25,26). The average Bonchev–Trinajstić information content (AvgIpc) is 2.72. The molecule has 0 atom stereocenters. The van der Waals surface area contributed by atoms with E-state index in [2.05, 4.69) is 5.32 Å². The maximum absolute atomic E-state index is 12.3. The number of hydrogen-bond donors (Lipinski definition) is 1. The Balaban J connectivity index is 1.49. The van der Waals surface area contributed by atoms with Crippen LogP contribution in [0.25, 0.3) is 0 Å². The molecule has 3 aromatic carbocycles. The lowest BCUT2D eigenvalue weighted by atomic mass is 10.2. The Morgan fingerprint density at radius 3 is 2.11 bits per heavy atom. The summed E-state index contributed by atoms with van der Waals surface area (Å²) in [6.45, 7) is 4.95. The summed E-state index contributed by atoms with van der Waals surface area (Å²) in [5.41, 5.74) is 2.73. The number of carbonyl (C=O) groups excluding carboxylic acids is 1. The number of hydrogen-bond acceptors (Lipinski definition) is 3. The highest BCUT2D eigenvalue weighted by molar-refractivity contribution is 5.94. The van der Waals surface area contributed by atoms with Gasteiger partial charge < -0.3 is 14.8 Å². The second-order valence-electron chi connectivity index (χ2n) is 6.79. The van der Waals surface area contributed by atoms with Gasteiger partial charge >= 0.3 is 0 Å². The number of amides is 1. The topological polar surface area (TPSA) is 47.6 Å². The summed E-state index contributed by atoms with van der Waals surface area (Å²) in [6.07, 6.45) is 0.144. The minimum atomic E-state index is -0.114. The van der Waals surface area contributed by atoms with Gasteiger partial charge in [-0.1, -0.05) is 42.5 Å². The van der Waals surface area contributed by atoms with E-state index >= 15 is 0 Å². The van der Waals surface area contributed by atoms with Crippen molar-refractivity contribution in [3.05, 3.63) is 95.6 Å². The van der Waals surface area contributed by atoms with Crippen LogP contribution >= 0.6 is 0 Å². The molecule has 3 rings (SSSR count). The van der Waals surface area contributed by atoms with Crippen LogP contribution in [0.4, 0.5) is 0 Å². The van der Waals surface area contributed by atoms with Crippen molar-refractivity contribution in [2.24, 2.45) is 0 Å². The molecule has 0 bridgehead atoms. The van der Waals surface area contributed by atoms with Crippen LogP contribution in [-0.2, 0) is 13.2 Å². The molecule has 1 N–H and O–H groups in total. The van der Waals surface area contributed by atoms with Gasteiger partial charge in [0, 0.05) is 12.1 Å². The molecule has 0 aromatic heterocycles. The van der Waals surface area contributed by atoms with Crippen molar-refractivity contribution in [3.63, 3.8) is 0 Å². The van der Waals surface area contributed by atoms with Crippen LogP contribution in [0.3, 0.4) is 0 Å². The average molecular weight is 375 g/mol. The fourth-order valence-corrected chi connectivity index (χ4v) is 2.69. The van der Waals surface area contributed by atoms with E-state index in [9.17, 15) is 4.79 Å².